The maximum absolute atomic E-state index is 10.6. The van der Waals surface area contributed by atoms with E-state index in [1.807, 2.05) is 24.3 Å². The number of benzene rings is 2. The van der Waals surface area contributed by atoms with Gasteiger partial charge in [0.1, 0.15) is 5.75 Å². The van der Waals surface area contributed by atoms with Crippen molar-refractivity contribution in [3.8, 4) is 5.75 Å². The Morgan fingerprint density at radius 2 is 1.62 bits per heavy atom. The molecule has 26 heavy (non-hydrogen) atoms. The second-order valence-corrected chi connectivity index (χ2v) is 6.22. The fraction of sp³-hybridized carbons (Fsp3) is 0.381. The van der Waals surface area contributed by atoms with Crippen LogP contribution in [0.15, 0.2) is 53.5 Å². The van der Waals surface area contributed by atoms with E-state index in [0.29, 0.717) is 0 Å². The van der Waals surface area contributed by atoms with Crippen molar-refractivity contribution in [1.82, 2.24) is 0 Å². The largest absolute Gasteiger partial charge is 0.494 e. The molecule has 0 saturated carbocycles. The topological polar surface area (TPSA) is 64.7 Å². The Morgan fingerprint density at radius 1 is 0.962 bits per heavy atom. The zero-order chi connectivity index (χ0) is 18.6. The highest BCUT2D eigenvalue weighted by Gasteiger charge is 2.02. The quantitative estimate of drug-likeness (QED) is 0.212. The third-order valence-corrected chi connectivity index (χ3v) is 4.07. The molecule has 2 rings (SSSR count). The van der Waals surface area contributed by atoms with Crippen LogP contribution in [0, 0.1) is 10.1 Å². The summed E-state index contributed by atoms with van der Waals surface area (Å²) in [6.45, 7) is 2.97. The van der Waals surface area contributed by atoms with Gasteiger partial charge < -0.3 is 4.74 Å². The zero-order valence-electron chi connectivity index (χ0n) is 15.3. The molecule has 0 aliphatic carbocycles. The zero-order valence-corrected chi connectivity index (χ0v) is 15.3. The lowest BCUT2D eigenvalue weighted by atomic mass is 10.1. The van der Waals surface area contributed by atoms with Gasteiger partial charge in [-0.15, -0.1) is 0 Å². The number of hydrogen-bond donors (Lipinski definition) is 0. The molecule has 0 aromatic heterocycles. The first-order valence-electron chi connectivity index (χ1n) is 9.20. The van der Waals surface area contributed by atoms with E-state index >= 15 is 0 Å². The molecule has 2 aromatic carbocycles. The van der Waals surface area contributed by atoms with Crippen molar-refractivity contribution in [2.24, 2.45) is 4.99 Å². The van der Waals surface area contributed by atoms with E-state index in [1.54, 1.807) is 18.3 Å². The summed E-state index contributed by atoms with van der Waals surface area (Å²) < 4.78 is 5.75. The third kappa shape index (κ3) is 7.05. The molecule has 0 N–H and O–H groups in total. The van der Waals surface area contributed by atoms with Crippen LogP contribution in [0.4, 0.5) is 11.4 Å². The first-order chi connectivity index (χ1) is 12.7. The predicted octanol–water partition coefficient (Wildman–Crippen LogP) is 6.08. The number of nitro benzene ring substituents is 1. The number of non-ortho nitro benzene ring substituents is 1. The summed E-state index contributed by atoms with van der Waals surface area (Å²) in [7, 11) is 0. The first kappa shape index (κ1) is 19.6. The fourth-order valence-electron chi connectivity index (χ4n) is 2.53. The van der Waals surface area contributed by atoms with Gasteiger partial charge in [-0.1, -0.05) is 39.0 Å². The monoisotopic (exact) mass is 354 g/mol. The summed E-state index contributed by atoms with van der Waals surface area (Å²) in [6.07, 6.45) is 9.20. The van der Waals surface area contributed by atoms with Crippen LogP contribution in [0.2, 0.25) is 0 Å². The van der Waals surface area contributed by atoms with Crippen LogP contribution in [0.3, 0.4) is 0 Å². The van der Waals surface area contributed by atoms with Crippen LogP contribution >= 0.6 is 0 Å². The van der Waals surface area contributed by atoms with Crippen molar-refractivity contribution in [3.63, 3.8) is 0 Å². The molecule has 0 atom stereocenters. The van der Waals surface area contributed by atoms with Crippen molar-refractivity contribution in [2.45, 2.75) is 45.4 Å². The Bertz CT molecular complexity index is 694. The average Bonchev–Trinajstić information content (AvgIpc) is 2.67. The molecule has 0 saturated heterocycles. The van der Waals surface area contributed by atoms with Gasteiger partial charge in [-0.2, -0.15) is 0 Å². The Kier molecular flexibility index (Phi) is 8.33. The number of unbranched alkanes of at least 4 members (excludes halogenated alkanes) is 5. The molecule has 138 valence electrons. The molecule has 0 spiro atoms. The molecule has 0 amide bonds. The molecular formula is C21H26N2O3. The highest BCUT2D eigenvalue weighted by molar-refractivity contribution is 5.82. The van der Waals surface area contributed by atoms with Crippen molar-refractivity contribution < 1.29 is 9.66 Å². The second kappa shape index (κ2) is 11.0. The maximum atomic E-state index is 10.6. The molecule has 5 nitrogen and oxygen atoms in total. The van der Waals surface area contributed by atoms with E-state index in [2.05, 4.69) is 11.9 Å². The highest BCUT2D eigenvalue weighted by atomic mass is 16.6. The standard InChI is InChI=1S/C21H26N2O3/c1-2-3-4-5-6-7-16-26-21-14-10-19(11-15-21)22-17-18-8-12-20(13-9-18)23(24)25/h8-15,17H,2-7,16H2,1H3/b22-17+. The minimum absolute atomic E-state index is 0.0778. The number of ether oxygens (including phenoxy) is 1. The molecular weight excluding hydrogens is 328 g/mol. The Hall–Kier alpha value is -2.69. The number of rotatable bonds is 11. The van der Waals surface area contributed by atoms with Crippen molar-refractivity contribution in [3.05, 3.63) is 64.2 Å². The van der Waals surface area contributed by atoms with Gasteiger partial charge in [0.15, 0.2) is 0 Å². The molecule has 0 aliphatic rings. The van der Waals surface area contributed by atoms with Crippen molar-refractivity contribution in [2.75, 3.05) is 6.61 Å². The van der Waals surface area contributed by atoms with E-state index in [-0.39, 0.29) is 5.69 Å². The van der Waals surface area contributed by atoms with E-state index in [9.17, 15) is 10.1 Å². The smallest absolute Gasteiger partial charge is 0.269 e. The molecule has 0 unspecified atom stereocenters. The minimum atomic E-state index is -0.412. The van der Waals surface area contributed by atoms with Gasteiger partial charge >= 0.3 is 0 Å². The summed E-state index contributed by atoms with van der Waals surface area (Å²) in [5.74, 6) is 0.854. The summed E-state index contributed by atoms with van der Waals surface area (Å²) in [4.78, 5) is 14.6. The predicted molar refractivity (Wildman–Crippen MR) is 106 cm³/mol. The normalized spacial score (nSPS) is 11.0. The van der Waals surface area contributed by atoms with Gasteiger partial charge in [-0.05, 0) is 48.4 Å². The second-order valence-electron chi connectivity index (χ2n) is 6.22. The molecule has 0 radical (unpaired) electrons. The minimum Gasteiger partial charge on any atom is -0.494 e. The number of hydrogen-bond acceptors (Lipinski definition) is 4. The highest BCUT2D eigenvalue weighted by Crippen LogP contribution is 2.19. The van der Waals surface area contributed by atoms with Gasteiger partial charge in [0.25, 0.3) is 5.69 Å². The fourth-order valence-corrected chi connectivity index (χ4v) is 2.53. The lowest BCUT2D eigenvalue weighted by Crippen LogP contribution is -1.96. The Morgan fingerprint density at radius 3 is 2.27 bits per heavy atom. The van der Waals surface area contributed by atoms with Gasteiger partial charge in [-0.3, -0.25) is 15.1 Å². The maximum Gasteiger partial charge on any atom is 0.269 e. The lowest BCUT2D eigenvalue weighted by Gasteiger charge is -2.06. The molecule has 0 bridgehead atoms. The number of nitrogens with zero attached hydrogens (tertiary/aromatic N) is 2. The van der Waals surface area contributed by atoms with Crippen LogP contribution in [-0.2, 0) is 0 Å². The molecule has 2 aromatic rings. The van der Waals surface area contributed by atoms with Gasteiger partial charge in [0, 0.05) is 18.3 Å². The van der Waals surface area contributed by atoms with Crippen molar-refractivity contribution in [1.29, 1.82) is 0 Å². The molecule has 5 heteroatoms. The summed E-state index contributed by atoms with van der Waals surface area (Å²) in [5, 5.41) is 10.6. The van der Waals surface area contributed by atoms with Crippen molar-refractivity contribution >= 4 is 17.6 Å². The van der Waals surface area contributed by atoms with Crippen LogP contribution in [0.1, 0.15) is 51.0 Å². The number of aliphatic imine (C=N–C) groups is 1. The van der Waals surface area contributed by atoms with Crippen LogP contribution < -0.4 is 4.74 Å². The van der Waals surface area contributed by atoms with Gasteiger partial charge in [-0.25, -0.2) is 0 Å². The SMILES string of the molecule is CCCCCCCCOc1ccc(/N=C/c2ccc([N+](=O)[O-])cc2)cc1. The van der Waals surface area contributed by atoms with Crippen LogP contribution in [0.25, 0.3) is 0 Å². The molecule has 0 heterocycles. The van der Waals surface area contributed by atoms with Crippen LogP contribution in [-0.4, -0.2) is 17.7 Å². The Balaban J connectivity index is 1.75. The van der Waals surface area contributed by atoms with E-state index < -0.39 is 4.92 Å². The lowest BCUT2D eigenvalue weighted by molar-refractivity contribution is -0.384. The van der Waals surface area contributed by atoms with Crippen LogP contribution in [0.5, 0.6) is 5.75 Å². The Labute approximate surface area is 154 Å². The summed E-state index contributed by atoms with van der Waals surface area (Å²) >= 11 is 0. The third-order valence-electron chi connectivity index (χ3n) is 4.07. The van der Waals surface area contributed by atoms with E-state index in [1.165, 1.54) is 44.2 Å². The number of nitro groups is 1. The first-order valence-corrected chi connectivity index (χ1v) is 9.20. The van der Waals surface area contributed by atoms with Gasteiger partial charge in [0.05, 0.1) is 17.2 Å². The average molecular weight is 354 g/mol. The van der Waals surface area contributed by atoms with E-state index in [4.69, 9.17) is 4.74 Å². The van der Waals surface area contributed by atoms with Gasteiger partial charge in [0.2, 0.25) is 0 Å². The van der Waals surface area contributed by atoms with E-state index in [0.717, 1.165) is 30.0 Å². The summed E-state index contributed by atoms with van der Waals surface area (Å²) in [5.41, 5.74) is 1.71. The summed E-state index contributed by atoms with van der Waals surface area (Å²) in [6, 6.07) is 13.9. The molecule has 0 fully saturated rings. The molecule has 0 aliphatic heterocycles.